The fourth-order valence-corrected chi connectivity index (χ4v) is 3.23. The summed E-state index contributed by atoms with van der Waals surface area (Å²) in [5.74, 6) is 0. The maximum Gasteiger partial charge on any atom is 0.108 e. The molecule has 1 N–H and O–H groups in total. The van der Waals surface area contributed by atoms with Crippen LogP contribution in [0.4, 0.5) is 0 Å². The Morgan fingerprint density at radius 3 is 2.79 bits per heavy atom. The highest BCUT2D eigenvalue weighted by Gasteiger charge is 2.38. The van der Waals surface area contributed by atoms with E-state index in [9.17, 15) is 0 Å². The van der Waals surface area contributed by atoms with Gasteiger partial charge in [0.15, 0.2) is 0 Å². The van der Waals surface area contributed by atoms with Crippen LogP contribution in [0.5, 0.6) is 0 Å². The van der Waals surface area contributed by atoms with Crippen molar-refractivity contribution in [2.75, 3.05) is 26.3 Å². The van der Waals surface area contributed by atoms with E-state index in [2.05, 4.69) is 33.3 Å². The van der Waals surface area contributed by atoms with E-state index >= 15 is 0 Å². The number of nitrogens with zero attached hydrogens (tertiary/aromatic N) is 3. The molecule has 0 spiro atoms. The van der Waals surface area contributed by atoms with Crippen LogP contribution in [-0.4, -0.2) is 54.5 Å². The first-order chi connectivity index (χ1) is 9.33. The Bertz CT molecular complexity index is 472. The van der Waals surface area contributed by atoms with Crippen molar-refractivity contribution in [3.8, 4) is 0 Å². The van der Waals surface area contributed by atoms with E-state index in [-0.39, 0.29) is 6.04 Å². The lowest BCUT2D eigenvalue weighted by Gasteiger charge is -2.38. The van der Waals surface area contributed by atoms with Gasteiger partial charge in [0, 0.05) is 18.8 Å². The standard InChI is InChI=1S/C14H20N4O/c1-10-6-13(17-4-2-3-5-17)14-12(16-10)7-15-18(14)11-8-19-9-11/h6-7,11-12,16H,2-5,8-9H2,1H3. The number of hydrazone groups is 1. The summed E-state index contributed by atoms with van der Waals surface area (Å²) in [4.78, 5) is 2.51. The van der Waals surface area contributed by atoms with E-state index in [0.29, 0.717) is 6.04 Å². The van der Waals surface area contributed by atoms with Gasteiger partial charge in [-0.05, 0) is 25.8 Å². The zero-order chi connectivity index (χ0) is 12.8. The number of likely N-dealkylation sites (tertiary alicyclic amines) is 1. The summed E-state index contributed by atoms with van der Waals surface area (Å²) < 4.78 is 5.32. The minimum atomic E-state index is 0.237. The largest absolute Gasteiger partial charge is 0.377 e. The van der Waals surface area contributed by atoms with Gasteiger partial charge in [-0.15, -0.1) is 0 Å². The zero-order valence-corrected chi connectivity index (χ0v) is 11.3. The van der Waals surface area contributed by atoms with Gasteiger partial charge >= 0.3 is 0 Å². The topological polar surface area (TPSA) is 40.1 Å². The van der Waals surface area contributed by atoms with Crippen molar-refractivity contribution in [1.29, 1.82) is 0 Å². The van der Waals surface area contributed by atoms with Crippen LogP contribution in [0, 0.1) is 0 Å². The predicted molar refractivity (Wildman–Crippen MR) is 73.5 cm³/mol. The summed E-state index contributed by atoms with van der Waals surface area (Å²) >= 11 is 0. The van der Waals surface area contributed by atoms with Crippen molar-refractivity contribution >= 4 is 6.21 Å². The van der Waals surface area contributed by atoms with Crippen LogP contribution < -0.4 is 5.32 Å². The smallest absolute Gasteiger partial charge is 0.108 e. The number of ether oxygens (including phenoxy) is 1. The number of nitrogens with one attached hydrogen (secondary N) is 1. The second-order valence-corrected chi connectivity index (χ2v) is 5.71. The number of fused-ring (bicyclic) bond motifs is 1. The summed E-state index contributed by atoms with van der Waals surface area (Å²) in [5, 5.41) is 10.3. The van der Waals surface area contributed by atoms with Gasteiger partial charge in [0.25, 0.3) is 0 Å². The van der Waals surface area contributed by atoms with Crippen molar-refractivity contribution in [3.05, 3.63) is 23.2 Å². The molecule has 0 bridgehead atoms. The fourth-order valence-electron chi connectivity index (χ4n) is 3.23. The first-order valence-electron chi connectivity index (χ1n) is 7.18. The molecular formula is C14H20N4O. The van der Waals surface area contributed by atoms with Crippen molar-refractivity contribution < 1.29 is 4.74 Å². The van der Waals surface area contributed by atoms with Gasteiger partial charge in [0.05, 0.1) is 36.9 Å². The summed E-state index contributed by atoms with van der Waals surface area (Å²) in [6, 6.07) is 0.656. The van der Waals surface area contributed by atoms with Crippen molar-refractivity contribution in [1.82, 2.24) is 15.2 Å². The summed E-state index contributed by atoms with van der Waals surface area (Å²) in [7, 11) is 0. The Hall–Kier alpha value is -1.49. The fraction of sp³-hybridized carbons (Fsp3) is 0.643. The highest BCUT2D eigenvalue weighted by molar-refractivity contribution is 5.74. The molecule has 0 saturated carbocycles. The van der Waals surface area contributed by atoms with Crippen LogP contribution in [-0.2, 0) is 4.74 Å². The molecule has 0 aromatic heterocycles. The lowest BCUT2D eigenvalue weighted by atomic mass is 10.1. The maximum absolute atomic E-state index is 5.32. The Kier molecular flexibility index (Phi) is 2.55. The molecule has 19 heavy (non-hydrogen) atoms. The highest BCUT2D eigenvalue weighted by atomic mass is 16.5. The maximum atomic E-state index is 5.32. The van der Waals surface area contributed by atoms with Crippen LogP contribution in [0.15, 0.2) is 28.3 Å². The molecule has 5 nitrogen and oxygen atoms in total. The van der Waals surface area contributed by atoms with Gasteiger partial charge in [0.2, 0.25) is 0 Å². The number of hydrogen-bond acceptors (Lipinski definition) is 5. The number of rotatable bonds is 2. The third-order valence-corrected chi connectivity index (χ3v) is 4.29. The lowest BCUT2D eigenvalue weighted by Crippen LogP contribution is -2.48. The first-order valence-corrected chi connectivity index (χ1v) is 7.18. The van der Waals surface area contributed by atoms with Gasteiger partial charge in [-0.2, -0.15) is 5.10 Å². The molecule has 4 aliphatic heterocycles. The van der Waals surface area contributed by atoms with Gasteiger partial charge < -0.3 is 15.0 Å². The third kappa shape index (κ3) is 1.75. The predicted octanol–water partition coefficient (Wildman–Crippen LogP) is 0.870. The molecule has 0 amide bonds. The Morgan fingerprint density at radius 2 is 2.11 bits per heavy atom. The zero-order valence-electron chi connectivity index (χ0n) is 11.3. The molecule has 0 aliphatic carbocycles. The molecule has 2 saturated heterocycles. The SMILES string of the molecule is CC1=CC(N2CCCC2)=C2C(C=NN2C2COC2)N1. The number of allylic oxidation sites excluding steroid dienone is 2. The second-order valence-electron chi connectivity index (χ2n) is 5.71. The third-order valence-electron chi connectivity index (χ3n) is 4.29. The minimum absolute atomic E-state index is 0.237. The summed E-state index contributed by atoms with van der Waals surface area (Å²) in [6.07, 6.45) is 6.91. The molecule has 102 valence electrons. The summed E-state index contributed by atoms with van der Waals surface area (Å²) in [5.41, 5.74) is 3.91. The van der Waals surface area contributed by atoms with Crippen molar-refractivity contribution in [2.24, 2.45) is 5.10 Å². The van der Waals surface area contributed by atoms with Crippen LogP contribution in [0.1, 0.15) is 19.8 Å². The van der Waals surface area contributed by atoms with E-state index in [4.69, 9.17) is 4.74 Å². The Morgan fingerprint density at radius 1 is 1.32 bits per heavy atom. The first kappa shape index (κ1) is 11.3. The monoisotopic (exact) mass is 260 g/mol. The van der Waals surface area contributed by atoms with Crippen molar-refractivity contribution in [3.63, 3.8) is 0 Å². The van der Waals surface area contributed by atoms with Gasteiger partial charge in [-0.3, -0.25) is 5.01 Å². The lowest BCUT2D eigenvalue weighted by molar-refractivity contribution is -0.0520. The highest BCUT2D eigenvalue weighted by Crippen LogP contribution is 2.32. The quantitative estimate of drug-likeness (QED) is 0.800. The normalized spacial score (nSPS) is 30.4. The number of hydrogen-bond donors (Lipinski definition) is 1. The van der Waals surface area contributed by atoms with Crippen molar-refractivity contribution in [2.45, 2.75) is 31.8 Å². The van der Waals surface area contributed by atoms with E-state index < -0.39 is 0 Å². The minimum Gasteiger partial charge on any atom is -0.377 e. The summed E-state index contributed by atoms with van der Waals surface area (Å²) in [6.45, 7) is 6.07. The Labute approximate surface area is 113 Å². The van der Waals surface area contributed by atoms with Crippen LogP contribution in [0.3, 0.4) is 0 Å². The molecule has 0 aromatic carbocycles. The van der Waals surface area contributed by atoms with Crippen LogP contribution in [0.25, 0.3) is 0 Å². The molecular weight excluding hydrogens is 240 g/mol. The molecule has 1 atom stereocenters. The molecule has 2 fully saturated rings. The van der Waals surface area contributed by atoms with E-state index in [1.807, 2.05) is 6.21 Å². The molecule has 4 heterocycles. The van der Waals surface area contributed by atoms with Gasteiger partial charge in [-0.1, -0.05) is 0 Å². The molecule has 5 heteroatoms. The molecule has 1 unspecified atom stereocenters. The second kappa shape index (κ2) is 4.27. The molecule has 4 aliphatic rings. The molecule has 0 aromatic rings. The Balaban J connectivity index is 1.72. The van der Waals surface area contributed by atoms with E-state index in [0.717, 1.165) is 13.2 Å². The van der Waals surface area contributed by atoms with Crippen LogP contribution >= 0.6 is 0 Å². The van der Waals surface area contributed by atoms with E-state index in [1.54, 1.807) is 0 Å². The van der Waals surface area contributed by atoms with Gasteiger partial charge in [0.1, 0.15) is 6.04 Å². The van der Waals surface area contributed by atoms with E-state index in [1.165, 1.54) is 43.0 Å². The average Bonchev–Trinajstić information content (AvgIpc) is 2.95. The van der Waals surface area contributed by atoms with Crippen LogP contribution in [0.2, 0.25) is 0 Å². The average molecular weight is 260 g/mol. The number of dihydropyridines is 1. The molecule has 4 rings (SSSR count). The van der Waals surface area contributed by atoms with Gasteiger partial charge in [-0.25, -0.2) is 0 Å². The molecule has 0 radical (unpaired) electrons.